The van der Waals surface area contributed by atoms with Crippen LogP contribution in [0.5, 0.6) is 0 Å². The monoisotopic (exact) mass is 240 g/mol. The number of rotatable bonds is 3. The summed E-state index contributed by atoms with van der Waals surface area (Å²) in [4.78, 5) is 25.5. The Morgan fingerprint density at radius 2 is 2.29 bits per heavy atom. The molecule has 0 aromatic heterocycles. The van der Waals surface area contributed by atoms with E-state index in [2.05, 4.69) is 5.32 Å². The van der Waals surface area contributed by atoms with Crippen molar-refractivity contribution in [3.63, 3.8) is 0 Å². The number of nitrogens with one attached hydrogen (secondary N) is 1. The van der Waals surface area contributed by atoms with E-state index in [0.717, 1.165) is 19.4 Å². The molecule has 2 heterocycles. The van der Waals surface area contributed by atoms with Crippen LogP contribution in [0.3, 0.4) is 0 Å². The fourth-order valence-electron chi connectivity index (χ4n) is 2.42. The second-order valence-electron chi connectivity index (χ2n) is 5.05. The van der Waals surface area contributed by atoms with E-state index in [0.29, 0.717) is 13.0 Å². The van der Waals surface area contributed by atoms with Gasteiger partial charge in [-0.1, -0.05) is 6.92 Å². The third-order valence-electron chi connectivity index (χ3n) is 3.66. The van der Waals surface area contributed by atoms with E-state index in [-0.39, 0.29) is 24.5 Å². The average molecular weight is 240 g/mol. The van der Waals surface area contributed by atoms with Gasteiger partial charge >= 0.3 is 0 Å². The highest BCUT2D eigenvalue weighted by molar-refractivity contribution is 5.97. The average Bonchev–Trinajstić information content (AvgIpc) is 2.78. The summed E-state index contributed by atoms with van der Waals surface area (Å²) in [6.07, 6.45) is 2.74. The fraction of sp³-hybridized carbons (Fsp3) is 0.833. The van der Waals surface area contributed by atoms with Gasteiger partial charge < -0.3 is 15.0 Å². The lowest BCUT2D eigenvalue weighted by atomic mass is 9.94. The number of carbonyl (C=O) groups is 2. The third kappa shape index (κ3) is 2.44. The number of hydrogen-bond donors (Lipinski definition) is 1. The number of carbonyl (C=O) groups excluding carboxylic acids is 2. The van der Waals surface area contributed by atoms with Gasteiger partial charge in [0.1, 0.15) is 5.54 Å². The molecule has 5 heteroatoms. The Morgan fingerprint density at radius 3 is 2.88 bits per heavy atom. The van der Waals surface area contributed by atoms with E-state index in [1.165, 1.54) is 0 Å². The molecule has 0 saturated carbocycles. The van der Waals surface area contributed by atoms with Gasteiger partial charge in [0, 0.05) is 13.2 Å². The predicted octanol–water partition coefficient (Wildman–Crippen LogP) is 0.292. The maximum atomic E-state index is 12.3. The smallest absolute Gasteiger partial charge is 0.248 e. The highest BCUT2D eigenvalue weighted by atomic mass is 16.5. The summed E-state index contributed by atoms with van der Waals surface area (Å²) in [6, 6.07) is 0. The molecule has 1 N–H and O–H groups in total. The molecule has 0 radical (unpaired) electrons. The zero-order valence-corrected chi connectivity index (χ0v) is 10.5. The zero-order valence-electron chi connectivity index (χ0n) is 10.5. The molecule has 96 valence electrons. The van der Waals surface area contributed by atoms with Gasteiger partial charge in [-0.05, 0) is 26.2 Å². The molecular formula is C12H20N2O3. The van der Waals surface area contributed by atoms with E-state index in [4.69, 9.17) is 4.74 Å². The maximum Gasteiger partial charge on any atom is 0.248 e. The Bertz CT molecular complexity index is 326. The summed E-state index contributed by atoms with van der Waals surface area (Å²) < 4.78 is 5.52. The number of amides is 2. The molecule has 2 saturated heterocycles. The standard InChI is InChI=1S/C12H20N2O3/c1-3-12(2)11(16)14(8-10(15)13-12)7-9-5-4-6-17-9/h9H,3-8H2,1-2H3,(H,13,15). The lowest BCUT2D eigenvalue weighted by molar-refractivity contribution is -0.150. The largest absolute Gasteiger partial charge is 0.376 e. The number of hydrogen-bond acceptors (Lipinski definition) is 3. The summed E-state index contributed by atoms with van der Waals surface area (Å²) >= 11 is 0. The molecule has 17 heavy (non-hydrogen) atoms. The van der Waals surface area contributed by atoms with Crippen LogP contribution in [-0.2, 0) is 14.3 Å². The van der Waals surface area contributed by atoms with Crippen molar-refractivity contribution in [1.29, 1.82) is 0 Å². The fourth-order valence-corrected chi connectivity index (χ4v) is 2.42. The first kappa shape index (κ1) is 12.4. The van der Waals surface area contributed by atoms with E-state index < -0.39 is 5.54 Å². The van der Waals surface area contributed by atoms with Gasteiger partial charge in [-0.15, -0.1) is 0 Å². The first-order chi connectivity index (χ1) is 8.05. The molecule has 2 unspecified atom stereocenters. The lowest BCUT2D eigenvalue weighted by Gasteiger charge is -2.40. The Labute approximate surface area is 101 Å². The zero-order chi connectivity index (χ0) is 12.5. The molecule has 0 spiro atoms. The van der Waals surface area contributed by atoms with Crippen molar-refractivity contribution in [2.24, 2.45) is 0 Å². The molecular weight excluding hydrogens is 220 g/mol. The Hall–Kier alpha value is -1.10. The van der Waals surface area contributed by atoms with Crippen molar-refractivity contribution in [3.8, 4) is 0 Å². The molecule has 2 aliphatic rings. The highest BCUT2D eigenvalue weighted by Crippen LogP contribution is 2.20. The van der Waals surface area contributed by atoms with E-state index in [9.17, 15) is 9.59 Å². The minimum Gasteiger partial charge on any atom is -0.376 e. The van der Waals surface area contributed by atoms with Gasteiger partial charge in [0.2, 0.25) is 11.8 Å². The van der Waals surface area contributed by atoms with Gasteiger partial charge in [0.15, 0.2) is 0 Å². The van der Waals surface area contributed by atoms with Crippen LogP contribution in [0.1, 0.15) is 33.1 Å². The van der Waals surface area contributed by atoms with Crippen LogP contribution in [0, 0.1) is 0 Å². The number of ether oxygens (including phenoxy) is 1. The van der Waals surface area contributed by atoms with Crippen LogP contribution >= 0.6 is 0 Å². The molecule has 2 aliphatic heterocycles. The third-order valence-corrected chi connectivity index (χ3v) is 3.66. The molecule has 2 amide bonds. The topological polar surface area (TPSA) is 58.6 Å². The Kier molecular flexibility index (Phi) is 3.38. The van der Waals surface area contributed by atoms with Crippen molar-refractivity contribution in [3.05, 3.63) is 0 Å². The number of piperazine rings is 1. The molecule has 2 rings (SSSR count). The van der Waals surface area contributed by atoms with Gasteiger partial charge in [-0.25, -0.2) is 0 Å². The summed E-state index contributed by atoms with van der Waals surface area (Å²) in [5, 5.41) is 2.78. The van der Waals surface area contributed by atoms with Crippen molar-refractivity contribution in [1.82, 2.24) is 10.2 Å². The van der Waals surface area contributed by atoms with Crippen molar-refractivity contribution >= 4 is 11.8 Å². The van der Waals surface area contributed by atoms with Crippen LogP contribution in [0.25, 0.3) is 0 Å². The minimum absolute atomic E-state index is 0.00935. The minimum atomic E-state index is -0.742. The normalized spacial score (nSPS) is 34.0. The lowest BCUT2D eigenvalue weighted by Crippen LogP contribution is -2.65. The van der Waals surface area contributed by atoms with Gasteiger partial charge in [-0.2, -0.15) is 0 Å². The van der Waals surface area contributed by atoms with Crippen LogP contribution in [-0.4, -0.2) is 48.1 Å². The van der Waals surface area contributed by atoms with Gasteiger partial charge in [0.05, 0.1) is 12.6 Å². The van der Waals surface area contributed by atoms with E-state index in [1.807, 2.05) is 6.92 Å². The summed E-state index contributed by atoms with van der Waals surface area (Å²) in [7, 11) is 0. The predicted molar refractivity (Wildman–Crippen MR) is 62.4 cm³/mol. The van der Waals surface area contributed by atoms with Crippen LogP contribution < -0.4 is 5.32 Å². The molecule has 0 aromatic rings. The quantitative estimate of drug-likeness (QED) is 0.771. The van der Waals surface area contributed by atoms with Gasteiger partial charge in [0.25, 0.3) is 0 Å². The van der Waals surface area contributed by atoms with Crippen molar-refractivity contribution in [2.45, 2.75) is 44.8 Å². The Balaban J connectivity index is 2.05. The second kappa shape index (κ2) is 4.64. The van der Waals surface area contributed by atoms with E-state index >= 15 is 0 Å². The van der Waals surface area contributed by atoms with Crippen LogP contribution in [0.15, 0.2) is 0 Å². The molecule has 0 bridgehead atoms. The first-order valence-electron chi connectivity index (χ1n) is 6.27. The van der Waals surface area contributed by atoms with Crippen molar-refractivity contribution < 1.29 is 14.3 Å². The van der Waals surface area contributed by atoms with Crippen molar-refractivity contribution in [2.75, 3.05) is 19.7 Å². The highest BCUT2D eigenvalue weighted by Gasteiger charge is 2.42. The molecule has 2 atom stereocenters. The molecule has 2 fully saturated rings. The summed E-state index contributed by atoms with van der Waals surface area (Å²) in [6.45, 7) is 5.17. The molecule has 0 aromatic carbocycles. The summed E-state index contributed by atoms with van der Waals surface area (Å²) in [5.41, 5.74) is -0.742. The maximum absolute atomic E-state index is 12.3. The Morgan fingerprint density at radius 1 is 1.53 bits per heavy atom. The van der Waals surface area contributed by atoms with E-state index in [1.54, 1.807) is 11.8 Å². The first-order valence-corrected chi connectivity index (χ1v) is 6.27. The molecule has 0 aliphatic carbocycles. The van der Waals surface area contributed by atoms with Gasteiger partial charge in [-0.3, -0.25) is 9.59 Å². The van der Waals surface area contributed by atoms with Crippen LogP contribution in [0.2, 0.25) is 0 Å². The second-order valence-corrected chi connectivity index (χ2v) is 5.05. The van der Waals surface area contributed by atoms with Crippen LogP contribution in [0.4, 0.5) is 0 Å². The molecule has 5 nitrogen and oxygen atoms in total. The SMILES string of the molecule is CCC1(C)NC(=O)CN(CC2CCCO2)C1=O. The number of nitrogens with zero attached hydrogens (tertiary/aromatic N) is 1. The summed E-state index contributed by atoms with van der Waals surface area (Å²) in [5.74, 6) is -0.0675.